The summed E-state index contributed by atoms with van der Waals surface area (Å²) in [5.74, 6) is 0. The lowest BCUT2D eigenvalue weighted by atomic mass is 10.8. The van der Waals surface area contributed by atoms with Gasteiger partial charge in [0, 0.05) is 25.5 Å². The molecule has 0 aromatic heterocycles. The lowest BCUT2D eigenvalue weighted by Gasteiger charge is -2.25. The van der Waals surface area contributed by atoms with Crippen molar-refractivity contribution < 1.29 is 14.0 Å². The molecule has 0 atom stereocenters. The Hall–Kier alpha value is 0.150. The second-order valence-corrected chi connectivity index (χ2v) is 6.39. The average molecular weight is 208 g/mol. The first-order valence-corrected chi connectivity index (χ1v) is 7.10. The first kappa shape index (κ1) is 13.2. The molecule has 0 unspecified atom stereocenters. The van der Waals surface area contributed by atoms with E-state index >= 15 is 0 Å². The van der Waals surface area contributed by atoms with Crippen molar-refractivity contribution in [3.8, 4) is 0 Å². The molecule has 0 aliphatic rings. The maximum absolute atomic E-state index is 12.2. The average Bonchev–Trinajstić information content (AvgIpc) is 2.16. The van der Waals surface area contributed by atoms with Crippen LogP contribution in [-0.4, -0.2) is 31.6 Å². The molecule has 0 aliphatic heterocycles. The summed E-state index contributed by atoms with van der Waals surface area (Å²) in [6.07, 6.45) is 1.29. The molecule has 4 heteroatoms. The smallest absolute Gasteiger partial charge is 0.211 e. The number of hydrogen-bond donors (Lipinski definition) is 0. The molecule has 0 amide bonds. The van der Waals surface area contributed by atoms with E-state index in [0.717, 1.165) is 0 Å². The van der Waals surface area contributed by atoms with Crippen molar-refractivity contribution >= 4 is 7.14 Å². The number of ether oxygens (including phenoxy) is 2. The van der Waals surface area contributed by atoms with Crippen molar-refractivity contribution in [2.24, 2.45) is 0 Å². The lowest BCUT2D eigenvalue weighted by Crippen LogP contribution is -2.20. The second kappa shape index (κ2) is 6.58. The minimum atomic E-state index is -2.27. The molecule has 3 nitrogen and oxygen atoms in total. The fraction of sp³-hybridized carbons (Fsp3) is 1.00. The Morgan fingerprint density at radius 3 is 1.62 bits per heavy atom. The van der Waals surface area contributed by atoms with Crippen LogP contribution in [0.15, 0.2) is 0 Å². The molecule has 0 aromatic carbocycles. The van der Waals surface area contributed by atoms with E-state index in [1.807, 2.05) is 27.7 Å². The largest absolute Gasteiger partial charge is 0.346 e. The number of rotatable bonds is 7. The molecule has 0 heterocycles. The highest BCUT2D eigenvalue weighted by atomic mass is 31.2. The summed E-state index contributed by atoms with van der Waals surface area (Å²) in [5, 5.41) is 0. The molecule has 80 valence electrons. The summed E-state index contributed by atoms with van der Waals surface area (Å²) in [6.45, 7) is 8.73. The topological polar surface area (TPSA) is 35.5 Å². The zero-order valence-corrected chi connectivity index (χ0v) is 9.97. The molecule has 0 saturated heterocycles. The van der Waals surface area contributed by atoms with Crippen LogP contribution in [0.25, 0.3) is 0 Å². The van der Waals surface area contributed by atoms with E-state index in [1.165, 1.54) is 0 Å². The molecular weight excluding hydrogens is 187 g/mol. The molecule has 0 saturated carbocycles. The van der Waals surface area contributed by atoms with Gasteiger partial charge in [0.05, 0.1) is 0 Å². The monoisotopic (exact) mass is 208 g/mol. The van der Waals surface area contributed by atoms with Crippen molar-refractivity contribution in [2.45, 2.75) is 33.7 Å². The van der Waals surface area contributed by atoms with Gasteiger partial charge in [-0.25, -0.2) is 0 Å². The Bertz CT molecular complexity index is 156. The van der Waals surface area contributed by atoms with Gasteiger partial charge in [0.2, 0.25) is 6.03 Å². The predicted octanol–water partition coefficient (Wildman–Crippen LogP) is 2.75. The summed E-state index contributed by atoms with van der Waals surface area (Å²) in [4.78, 5) is 0. The lowest BCUT2D eigenvalue weighted by molar-refractivity contribution is -0.0819. The van der Waals surface area contributed by atoms with E-state index in [9.17, 15) is 4.57 Å². The van der Waals surface area contributed by atoms with Crippen LogP contribution in [0.2, 0.25) is 0 Å². The Labute approximate surface area is 81.2 Å². The van der Waals surface area contributed by atoms with Crippen LogP contribution in [0.5, 0.6) is 0 Å². The Morgan fingerprint density at radius 2 is 1.38 bits per heavy atom. The van der Waals surface area contributed by atoms with Gasteiger partial charge in [-0.15, -0.1) is 0 Å². The number of hydrogen-bond acceptors (Lipinski definition) is 3. The summed E-state index contributed by atoms with van der Waals surface area (Å²) >= 11 is 0. The van der Waals surface area contributed by atoms with Gasteiger partial charge in [-0.05, 0) is 13.8 Å². The molecular formula is C9H21O3P. The third-order valence-electron chi connectivity index (χ3n) is 2.07. The molecule has 0 rings (SSSR count). The van der Waals surface area contributed by atoms with Gasteiger partial charge in [0.25, 0.3) is 0 Å². The van der Waals surface area contributed by atoms with E-state index in [1.54, 1.807) is 0 Å². The van der Waals surface area contributed by atoms with Gasteiger partial charge in [-0.1, -0.05) is 13.8 Å². The predicted molar refractivity (Wildman–Crippen MR) is 55.7 cm³/mol. The van der Waals surface area contributed by atoms with E-state index < -0.39 is 13.2 Å². The van der Waals surface area contributed by atoms with Crippen molar-refractivity contribution in [3.63, 3.8) is 0 Å². The summed E-state index contributed by atoms with van der Waals surface area (Å²) < 4.78 is 22.9. The summed E-state index contributed by atoms with van der Waals surface area (Å²) in [5.41, 5.74) is 0. The van der Waals surface area contributed by atoms with Gasteiger partial charge in [-0.3, -0.25) is 0 Å². The summed E-state index contributed by atoms with van der Waals surface area (Å²) in [6, 6.07) is -0.488. The zero-order chi connectivity index (χ0) is 10.3. The molecule has 13 heavy (non-hydrogen) atoms. The Kier molecular flexibility index (Phi) is 6.66. The Balaban J connectivity index is 4.38. The molecule has 0 spiro atoms. The SMILES string of the molecule is CCOC(OCC)P(=O)(CC)CC. The third-order valence-corrected chi connectivity index (χ3v) is 5.28. The van der Waals surface area contributed by atoms with Crippen LogP contribution in [0.4, 0.5) is 0 Å². The normalized spacial score (nSPS) is 12.4. The molecule has 0 N–H and O–H groups in total. The fourth-order valence-corrected chi connectivity index (χ4v) is 3.01. The van der Waals surface area contributed by atoms with Crippen molar-refractivity contribution in [1.82, 2.24) is 0 Å². The van der Waals surface area contributed by atoms with Crippen LogP contribution in [0.1, 0.15) is 27.7 Å². The zero-order valence-electron chi connectivity index (χ0n) is 9.08. The van der Waals surface area contributed by atoms with Gasteiger partial charge >= 0.3 is 0 Å². The standard InChI is InChI=1S/C9H21O3P/c1-5-11-9(12-6-2)13(10,7-3)8-4/h9H,5-8H2,1-4H3. The first-order valence-electron chi connectivity index (χ1n) is 4.95. The highest BCUT2D eigenvalue weighted by molar-refractivity contribution is 7.64. The van der Waals surface area contributed by atoms with E-state index in [-0.39, 0.29) is 0 Å². The first-order chi connectivity index (χ1) is 6.14. The summed E-state index contributed by atoms with van der Waals surface area (Å²) in [7, 11) is -2.27. The quantitative estimate of drug-likeness (QED) is 0.476. The molecule has 0 radical (unpaired) electrons. The molecule has 0 aromatic rings. The Morgan fingerprint density at radius 1 is 1.00 bits per heavy atom. The van der Waals surface area contributed by atoms with Crippen molar-refractivity contribution in [3.05, 3.63) is 0 Å². The van der Waals surface area contributed by atoms with Crippen molar-refractivity contribution in [1.29, 1.82) is 0 Å². The van der Waals surface area contributed by atoms with Crippen LogP contribution in [0, 0.1) is 0 Å². The molecule has 0 aliphatic carbocycles. The van der Waals surface area contributed by atoms with Crippen LogP contribution < -0.4 is 0 Å². The van der Waals surface area contributed by atoms with Gasteiger partial charge in [0.15, 0.2) is 0 Å². The van der Waals surface area contributed by atoms with Gasteiger partial charge in [-0.2, -0.15) is 0 Å². The van der Waals surface area contributed by atoms with E-state index in [2.05, 4.69) is 0 Å². The van der Waals surface area contributed by atoms with Gasteiger partial charge < -0.3 is 14.0 Å². The minimum Gasteiger partial charge on any atom is -0.346 e. The van der Waals surface area contributed by atoms with E-state index in [4.69, 9.17) is 9.47 Å². The maximum atomic E-state index is 12.2. The van der Waals surface area contributed by atoms with Crippen LogP contribution in [-0.2, 0) is 14.0 Å². The second-order valence-electron chi connectivity index (χ2n) is 2.80. The van der Waals surface area contributed by atoms with E-state index in [0.29, 0.717) is 25.5 Å². The van der Waals surface area contributed by atoms with Crippen LogP contribution in [0.3, 0.4) is 0 Å². The molecule has 0 fully saturated rings. The maximum Gasteiger partial charge on any atom is 0.211 e. The third kappa shape index (κ3) is 3.80. The fourth-order valence-electron chi connectivity index (χ4n) is 1.13. The highest BCUT2D eigenvalue weighted by Crippen LogP contribution is 2.50. The molecule has 0 bridgehead atoms. The highest BCUT2D eigenvalue weighted by Gasteiger charge is 2.30. The van der Waals surface area contributed by atoms with Crippen LogP contribution >= 0.6 is 7.14 Å². The minimum absolute atomic E-state index is 0.488. The van der Waals surface area contributed by atoms with Gasteiger partial charge in [0.1, 0.15) is 7.14 Å². The van der Waals surface area contributed by atoms with Crippen molar-refractivity contribution in [2.75, 3.05) is 25.5 Å².